The molecule has 216 valence electrons. The van der Waals surface area contributed by atoms with Crippen molar-refractivity contribution >= 4 is 60.5 Å². The maximum atomic E-state index is 6.23. The highest BCUT2D eigenvalue weighted by Crippen LogP contribution is 2.44. The molecule has 1 aromatic heterocycles. The first-order chi connectivity index (χ1) is 22.8. The summed E-state index contributed by atoms with van der Waals surface area (Å²) in [6.07, 6.45) is 0. The zero-order chi connectivity index (χ0) is 30.5. The number of fused-ring (bicyclic) bond motifs is 6. The quantitative estimate of drug-likeness (QED) is 0.186. The van der Waals surface area contributed by atoms with Crippen LogP contribution in [0.15, 0.2) is 180 Å². The molecular weight excluding hydrogens is 558 g/mol. The van der Waals surface area contributed by atoms with E-state index >= 15 is 0 Å². The Kier molecular flexibility index (Phi) is 6.17. The van der Waals surface area contributed by atoms with Gasteiger partial charge in [0.2, 0.25) is 0 Å². The van der Waals surface area contributed by atoms with Crippen molar-refractivity contribution in [3.63, 3.8) is 0 Å². The van der Waals surface area contributed by atoms with E-state index in [4.69, 9.17) is 4.42 Å². The lowest BCUT2D eigenvalue weighted by Crippen LogP contribution is -2.10. The summed E-state index contributed by atoms with van der Waals surface area (Å²) < 4.78 is 6.23. The SMILES string of the molecule is c1ccc(-c2ccc(N(c3ccc4oc5ccccc5c4c3)c3cc4ccccc4c4cc(-c5ccccc5)ccc34)cc2)cc1. The van der Waals surface area contributed by atoms with Crippen LogP contribution in [-0.4, -0.2) is 0 Å². The third-order valence-corrected chi connectivity index (χ3v) is 9.04. The Morgan fingerprint density at radius 1 is 0.326 bits per heavy atom. The van der Waals surface area contributed by atoms with Crippen LogP contribution in [0.25, 0.3) is 65.7 Å². The van der Waals surface area contributed by atoms with Crippen LogP contribution in [0.1, 0.15) is 0 Å². The first kappa shape index (κ1) is 26.3. The molecule has 0 saturated heterocycles. The van der Waals surface area contributed by atoms with Crippen LogP contribution in [0.5, 0.6) is 0 Å². The predicted octanol–water partition coefficient (Wildman–Crippen LogP) is 12.7. The fourth-order valence-electron chi connectivity index (χ4n) is 6.79. The summed E-state index contributed by atoms with van der Waals surface area (Å²) >= 11 is 0. The number of anilines is 3. The van der Waals surface area contributed by atoms with E-state index in [2.05, 4.69) is 169 Å². The van der Waals surface area contributed by atoms with Gasteiger partial charge in [-0.1, -0.05) is 127 Å². The highest BCUT2D eigenvalue weighted by molar-refractivity contribution is 6.16. The Morgan fingerprint density at radius 2 is 0.913 bits per heavy atom. The van der Waals surface area contributed by atoms with Gasteiger partial charge in [-0.2, -0.15) is 0 Å². The van der Waals surface area contributed by atoms with Gasteiger partial charge >= 0.3 is 0 Å². The molecule has 0 fully saturated rings. The molecule has 0 aliphatic heterocycles. The van der Waals surface area contributed by atoms with E-state index in [0.29, 0.717) is 0 Å². The topological polar surface area (TPSA) is 16.4 Å². The number of hydrogen-bond acceptors (Lipinski definition) is 2. The van der Waals surface area contributed by atoms with Crippen molar-refractivity contribution in [1.82, 2.24) is 0 Å². The van der Waals surface area contributed by atoms with E-state index in [0.717, 1.165) is 39.0 Å². The average molecular weight is 588 g/mol. The van der Waals surface area contributed by atoms with Gasteiger partial charge in [0.1, 0.15) is 11.2 Å². The fourth-order valence-corrected chi connectivity index (χ4v) is 6.79. The van der Waals surface area contributed by atoms with E-state index in [-0.39, 0.29) is 0 Å². The van der Waals surface area contributed by atoms with Gasteiger partial charge in [0.25, 0.3) is 0 Å². The number of furan rings is 1. The van der Waals surface area contributed by atoms with E-state index < -0.39 is 0 Å². The van der Waals surface area contributed by atoms with Crippen molar-refractivity contribution in [3.05, 3.63) is 176 Å². The molecule has 2 nitrogen and oxygen atoms in total. The lowest BCUT2D eigenvalue weighted by atomic mass is 9.95. The van der Waals surface area contributed by atoms with Crippen molar-refractivity contribution < 1.29 is 4.42 Å². The summed E-state index contributed by atoms with van der Waals surface area (Å²) in [5.41, 5.74) is 9.91. The second-order valence-corrected chi connectivity index (χ2v) is 11.8. The van der Waals surface area contributed by atoms with Gasteiger partial charge in [-0.15, -0.1) is 0 Å². The Hall–Kier alpha value is -6.12. The van der Waals surface area contributed by atoms with Crippen LogP contribution in [0.3, 0.4) is 0 Å². The smallest absolute Gasteiger partial charge is 0.135 e. The van der Waals surface area contributed by atoms with Crippen LogP contribution >= 0.6 is 0 Å². The molecule has 2 heteroatoms. The predicted molar refractivity (Wildman–Crippen MR) is 194 cm³/mol. The van der Waals surface area contributed by atoms with E-state index in [1.165, 1.54) is 43.8 Å². The molecule has 0 N–H and O–H groups in total. The first-order valence-corrected chi connectivity index (χ1v) is 15.7. The van der Waals surface area contributed by atoms with Crippen molar-refractivity contribution in [2.45, 2.75) is 0 Å². The maximum absolute atomic E-state index is 6.23. The van der Waals surface area contributed by atoms with Crippen LogP contribution < -0.4 is 4.90 Å². The molecule has 46 heavy (non-hydrogen) atoms. The lowest BCUT2D eigenvalue weighted by molar-refractivity contribution is 0.669. The summed E-state index contributed by atoms with van der Waals surface area (Å²) in [5, 5.41) is 7.11. The van der Waals surface area contributed by atoms with Gasteiger partial charge in [0.05, 0.1) is 5.69 Å². The molecule has 0 aliphatic carbocycles. The Bertz CT molecular complexity index is 2510. The molecule has 0 unspecified atom stereocenters. The molecule has 9 aromatic rings. The lowest BCUT2D eigenvalue weighted by Gasteiger charge is -2.28. The molecule has 1 heterocycles. The highest BCUT2D eigenvalue weighted by Gasteiger charge is 2.19. The molecule has 0 amide bonds. The van der Waals surface area contributed by atoms with E-state index in [9.17, 15) is 0 Å². The number of benzene rings is 8. The molecule has 9 rings (SSSR count). The minimum Gasteiger partial charge on any atom is -0.456 e. The summed E-state index contributed by atoms with van der Waals surface area (Å²) in [6.45, 7) is 0. The van der Waals surface area contributed by atoms with Crippen molar-refractivity contribution in [3.8, 4) is 22.3 Å². The van der Waals surface area contributed by atoms with Gasteiger partial charge in [-0.05, 0) is 86.9 Å². The zero-order valence-corrected chi connectivity index (χ0v) is 25.1. The monoisotopic (exact) mass is 587 g/mol. The van der Waals surface area contributed by atoms with Crippen LogP contribution in [0, 0.1) is 0 Å². The molecular formula is C44H29NO. The molecule has 0 spiro atoms. The van der Waals surface area contributed by atoms with Gasteiger partial charge in [-0.3, -0.25) is 0 Å². The molecule has 0 atom stereocenters. The number of para-hydroxylation sites is 1. The third kappa shape index (κ3) is 4.43. The first-order valence-electron chi connectivity index (χ1n) is 15.7. The summed E-state index contributed by atoms with van der Waals surface area (Å²) in [4.78, 5) is 2.40. The fraction of sp³-hybridized carbons (Fsp3) is 0. The van der Waals surface area contributed by atoms with Gasteiger partial charge < -0.3 is 9.32 Å². The number of hydrogen-bond donors (Lipinski definition) is 0. The summed E-state index contributed by atoms with van der Waals surface area (Å²) in [5.74, 6) is 0. The number of nitrogens with zero attached hydrogens (tertiary/aromatic N) is 1. The average Bonchev–Trinajstić information content (AvgIpc) is 3.51. The molecule has 0 radical (unpaired) electrons. The van der Waals surface area contributed by atoms with E-state index in [1.807, 2.05) is 12.1 Å². The molecule has 0 bridgehead atoms. The van der Waals surface area contributed by atoms with Crippen LogP contribution in [0.2, 0.25) is 0 Å². The Morgan fingerprint density at radius 3 is 1.70 bits per heavy atom. The van der Waals surface area contributed by atoms with Crippen molar-refractivity contribution in [2.24, 2.45) is 0 Å². The largest absolute Gasteiger partial charge is 0.456 e. The molecule has 8 aromatic carbocycles. The molecule has 0 aliphatic rings. The number of rotatable bonds is 5. The Labute approximate surface area is 267 Å². The van der Waals surface area contributed by atoms with Crippen LogP contribution in [0.4, 0.5) is 17.1 Å². The van der Waals surface area contributed by atoms with Gasteiger partial charge in [-0.25, -0.2) is 0 Å². The Balaban J connectivity index is 1.31. The van der Waals surface area contributed by atoms with Crippen molar-refractivity contribution in [2.75, 3.05) is 4.90 Å². The maximum Gasteiger partial charge on any atom is 0.135 e. The second-order valence-electron chi connectivity index (χ2n) is 11.8. The third-order valence-electron chi connectivity index (χ3n) is 9.04. The standard InChI is InChI=1S/C44H29NO/c1-3-11-30(12-4-1)32-19-22-35(23-20-32)45(36-24-26-44-41(29-36)39-17-9-10-18-43(39)46-44)42-28-34-15-7-8-16-37(34)40-27-33(21-25-38(40)42)31-13-5-2-6-14-31/h1-29H. The van der Waals surface area contributed by atoms with Crippen molar-refractivity contribution in [1.29, 1.82) is 0 Å². The minimum atomic E-state index is 0.889. The van der Waals surface area contributed by atoms with Gasteiger partial charge in [0.15, 0.2) is 0 Å². The van der Waals surface area contributed by atoms with E-state index in [1.54, 1.807) is 0 Å². The van der Waals surface area contributed by atoms with Crippen LogP contribution in [-0.2, 0) is 0 Å². The normalized spacial score (nSPS) is 11.5. The minimum absolute atomic E-state index is 0.889. The molecule has 0 saturated carbocycles. The zero-order valence-electron chi connectivity index (χ0n) is 25.1. The van der Waals surface area contributed by atoms with Gasteiger partial charge in [0, 0.05) is 27.5 Å². The summed E-state index contributed by atoms with van der Waals surface area (Å²) in [6, 6.07) is 62.9. The highest BCUT2D eigenvalue weighted by atomic mass is 16.3. The summed E-state index contributed by atoms with van der Waals surface area (Å²) in [7, 11) is 0. The second kappa shape index (κ2) is 10.8.